The molecular formula is C8H15N3O3. The Balaban J connectivity index is 2.54. The lowest BCUT2D eigenvalue weighted by molar-refractivity contribution is 0.125. The molecule has 0 spiro atoms. The van der Waals surface area contributed by atoms with E-state index < -0.39 is 12.1 Å². The maximum Gasteiger partial charge on any atom is 0.430 e. The zero-order valence-electron chi connectivity index (χ0n) is 8.14. The second-order valence-corrected chi connectivity index (χ2v) is 3.48. The molecule has 80 valence electrons. The molecule has 1 saturated carbocycles. The molecule has 0 radical (unpaired) electrons. The first-order valence-electron chi connectivity index (χ1n) is 4.58. The Morgan fingerprint density at radius 1 is 1.36 bits per heavy atom. The molecule has 0 aromatic heterocycles. The van der Waals surface area contributed by atoms with Crippen LogP contribution in [-0.2, 0) is 0 Å². The lowest BCUT2D eigenvalue weighted by atomic mass is 10.2. The number of hydrogen-bond donors (Lipinski definition) is 2. The molecule has 6 heteroatoms. The fourth-order valence-electron chi connectivity index (χ4n) is 1.70. The maximum absolute atomic E-state index is 11.4. The van der Waals surface area contributed by atoms with Gasteiger partial charge in [-0.2, -0.15) is 5.01 Å². The summed E-state index contributed by atoms with van der Waals surface area (Å²) >= 11 is 0. The number of rotatable bonds is 1. The standard InChI is InChI=1S/C8H15N3O3/c1-10(6-4-2-3-5-6)7(12)11(9)8(13)14/h6H,2-5,9H2,1H3,(H,13,14). The molecule has 0 saturated heterocycles. The van der Waals surface area contributed by atoms with Crippen molar-refractivity contribution in [2.24, 2.45) is 5.84 Å². The van der Waals surface area contributed by atoms with Crippen LogP contribution in [0.15, 0.2) is 0 Å². The maximum atomic E-state index is 11.4. The van der Waals surface area contributed by atoms with Crippen LogP contribution in [0.2, 0.25) is 0 Å². The number of amides is 3. The number of carbonyl (C=O) groups is 2. The first kappa shape index (κ1) is 10.8. The van der Waals surface area contributed by atoms with Crippen molar-refractivity contribution in [1.82, 2.24) is 9.91 Å². The first-order chi connectivity index (χ1) is 6.54. The van der Waals surface area contributed by atoms with Gasteiger partial charge in [0.2, 0.25) is 0 Å². The summed E-state index contributed by atoms with van der Waals surface area (Å²) in [7, 11) is 1.58. The highest BCUT2D eigenvalue weighted by atomic mass is 16.4. The monoisotopic (exact) mass is 201 g/mol. The molecule has 0 unspecified atom stereocenters. The molecule has 3 N–H and O–H groups in total. The Morgan fingerprint density at radius 3 is 2.29 bits per heavy atom. The Hall–Kier alpha value is -1.30. The van der Waals surface area contributed by atoms with Crippen LogP contribution in [0.5, 0.6) is 0 Å². The summed E-state index contributed by atoms with van der Waals surface area (Å²) in [5, 5.41) is 8.72. The molecule has 0 aromatic rings. The van der Waals surface area contributed by atoms with E-state index in [-0.39, 0.29) is 11.1 Å². The van der Waals surface area contributed by atoms with Crippen molar-refractivity contribution in [3.8, 4) is 0 Å². The van der Waals surface area contributed by atoms with Crippen LogP contribution in [0, 0.1) is 0 Å². The molecule has 3 amide bonds. The van der Waals surface area contributed by atoms with Gasteiger partial charge in [0.1, 0.15) is 0 Å². The van der Waals surface area contributed by atoms with Crippen molar-refractivity contribution in [3.63, 3.8) is 0 Å². The summed E-state index contributed by atoms with van der Waals surface area (Å²) in [4.78, 5) is 23.2. The van der Waals surface area contributed by atoms with Crippen LogP contribution in [-0.4, -0.2) is 40.2 Å². The van der Waals surface area contributed by atoms with Crippen LogP contribution in [0.4, 0.5) is 9.59 Å². The second-order valence-electron chi connectivity index (χ2n) is 3.48. The van der Waals surface area contributed by atoms with Gasteiger partial charge in [-0.05, 0) is 12.8 Å². The summed E-state index contributed by atoms with van der Waals surface area (Å²) in [6.07, 6.45) is 2.59. The summed E-state index contributed by atoms with van der Waals surface area (Å²) in [6, 6.07) is -0.530. The third-order valence-corrected chi connectivity index (χ3v) is 2.59. The van der Waals surface area contributed by atoms with E-state index in [0.717, 1.165) is 25.7 Å². The van der Waals surface area contributed by atoms with Gasteiger partial charge in [0, 0.05) is 13.1 Å². The highest BCUT2D eigenvalue weighted by molar-refractivity contribution is 5.89. The molecule has 0 heterocycles. The molecule has 0 bridgehead atoms. The van der Waals surface area contributed by atoms with Gasteiger partial charge in [-0.3, -0.25) is 0 Å². The number of hydrogen-bond acceptors (Lipinski definition) is 3. The van der Waals surface area contributed by atoms with Crippen LogP contribution < -0.4 is 5.84 Å². The minimum atomic E-state index is -1.43. The molecule has 6 nitrogen and oxygen atoms in total. The fourth-order valence-corrected chi connectivity index (χ4v) is 1.70. The van der Waals surface area contributed by atoms with Crippen LogP contribution in [0.3, 0.4) is 0 Å². The molecule has 0 aromatic carbocycles. The van der Waals surface area contributed by atoms with Crippen LogP contribution >= 0.6 is 0 Å². The van der Waals surface area contributed by atoms with E-state index in [2.05, 4.69) is 0 Å². The number of carboxylic acid groups (broad SMARTS) is 1. The number of imide groups is 1. The number of nitrogens with two attached hydrogens (primary N) is 1. The van der Waals surface area contributed by atoms with Gasteiger partial charge >= 0.3 is 12.1 Å². The predicted octanol–water partition coefficient (Wildman–Crippen LogP) is 0.834. The van der Waals surface area contributed by atoms with Gasteiger partial charge in [-0.25, -0.2) is 15.4 Å². The first-order valence-corrected chi connectivity index (χ1v) is 4.58. The third-order valence-electron chi connectivity index (χ3n) is 2.59. The van der Waals surface area contributed by atoms with E-state index >= 15 is 0 Å². The Labute approximate surface area is 82.2 Å². The number of carbonyl (C=O) groups excluding carboxylic acids is 1. The van der Waals surface area contributed by atoms with Gasteiger partial charge in [-0.1, -0.05) is 12.8 Å². The van der Waals surface area contributed by atoms with E-state index in [4.69, 9.17) is 10.9 Å². The lowest BCUT2D eigenvalue weighted by Crippen LogP contribution is -2.50. The molecule has 14 heavy (non-hydrogen) atoms. The Kier molecular flexibility index (Phi) is 3.29. The predicted molar refractivity (Wildman–Crippen MR) is 49.5 cm³/mol. The third kappa shape index (κ3) is 2.14. The number of hydrazine groups is 1. The minimum absolute atomic E-state index is 0.132. The van der Waals surface area contributed by atoms with Crippen LogP contribution in [0.25, 0.3) is 0 Å². The molecule has 1 aliphatic rings. The summed E-state index contributed by atoms with van der Waals surface area (Å²) in [6.45, 7) is 0. The molecule has 1 fully saturated rings. The van der Waals surface area contributed by atoms with Gasteiger partial charge in [0.25, 0.3) is 0 Å². The van der Waals surface area contributed by atoms with E-state index in [1.165, 1.54) is 4.90 Å². The van der Waals surface area contributed by atoms with Gasteiger partial charge in [0.15, 0.2) is 0 Å². The zero-order chi connectivity index (χ0) is 10.7. The van der Waals surface area contributed by atoms with Gasteiger partial charge < -0.3 is 10.0 Å². The summed E-state index contributed by atoms with van der Waals surface area (Å²) < 4.78 is 0. The highest BCUT2D eigenvalue weighted by Crippen LogP contribution is 2.22. The molecule has 0 atom stereocenters. The second kappa shape index (κ2) is 4.28. The number of urea groups is 1. The quantitative estimate of drug-likeness (QED) is 0.374. The highest BCUT2D eigenvalue weighted by Gasteiger charge is 2.28. The smallest absolute Gasteiger partial charge is 0.430 e. The van der Waals surface area contributed by atoms with Crippen molar-refractivity contribution < 1.29 is 14.7 Å². The average Bonchev–Trinajstić information content (AvgIpc) is 2.67. The fraction of sp³-hybridized carbons (Fsp3) is 0.750. The van der Waals surface area contributed by atoms with E-state index in [1.54, 1.807) is 7.05 Å². The Bertz CT molecular complexity index is 238. The van der Waals surface area contributed by atoms with E-state index in [0.29, 0.717) is 0 Å². The number of nitrogens with zero attached hydrogens (tertiary/aromatic N) is 2. The van der Waals surface area contributed by atoms with Crippen molar-refractivity contribution in [2.45, 2.75) is 31.7 Å². The van der Waals surface area contributed by atoms with Crippen molar-refractivity contribution >= 4 is 12.1 Å². The SMILES string of the molecule is CN(C(=O)N(N)C(=O)O)C1CCCC1. The topological polar surface area (TPSA) is 86.9 Å². The molecular weight excluding hydrogens is 186 g/mol. The van der Waals surface area contributed by atoms with E-state index in [1.807, 2.05) is 0 Å². The lowest BCUT2D eigenvalue weighted by Gasteiger charge is -2.26. The van der Waals surface area contributed by atoms with Crippen LogP contribution in [0.1, 0.15) is 25.7 Å². The largest absolute Gasteiger partial charge is 0.464 e. The minimum Gasteiger partial charge on any atom is -0.464 e. The Morgan fingerprint density at radius 2 is 1.86 bits per heavy atom. The van der Waals surface area contributed by atoms with Gasteiger partial charge in [-0.15, -0.1) is 0 Å². The summed E-state index contributed by atoms with van der Waals surface area (Å²) in [5.74, 6) is 5.07. The van der Waals surface area contributed by atoms with E-state index in [9.17, 15) is 9.59 Å². The normalized spacial score (nSPS) is 16.7. The average molecular weight is 201 g/mol. The zero-order valence-corrected chi connectivity index (χ0v) is 8.14. The molecule has 1 aliphatic carbocycles. The molecule has 0 aliphatic heterocycles. The van der Waals surface area contributed by atoms with Crippen molar-refractivity contribution in [2.75, 3.05) is 7.05 Å². The van der Waals surface area contributed by atoms with Gasteiger partial charge in [0.05, 0.1) is 0 Å². The van der Waals surface area contributed by atoms with Crippen molar-refractivity contribution in [1.29, 1.82) is 0 Å². The molecule has 1 rings (SSSR count). The summed E-state index contributed by atoms with van der Waals surface area (Å²) in [5.41, 5.74) is 0. The van der Waals surface area contributed by atoms with Crippen molar-refractivity contribution in [3.05, 3.63) is 0 Å².